The molecule has 0 saturated carbocycles. The minimum atomic E-state index is -0.642. The number of carbonyl (C=O) groups is 3. The lowest BCUT2D eigenvalue weighted by Crippen LogP contribution is -2.41. The average molecular weight is 357 g/mol. The zero-order valence-corrected chi connectivity index (χ0v) is 14.9. The Morgan fingerprint density at radius 3 is 2.54 bits per heavy atom. The topological polar surface area (TPSA) is 79.3 Å². The summed E-state index contributed by atoms with van der Waals surface area (Å²) in [7, 11) is 0. The third-order valence-electron chi connectivity index (χ3n) is 4.73. The number of benzene rings is 1. The third-order valence-corrected chi connectivity index (χ3v) is 4.73. The Bertz CT molecular complexity index is 709. The van der Waals surface area contributed by atoms with Crippen LogP contribution in [0.5, 0.6) is 0 Å². The van der Waals surface area contributed by atoms with E-state index in [2.05, 4.69) is 12.0 Å². The van der Waals surface area contributed by atoms with Gasteiger partial charge in [-0.3, -0.25) is 9.59 Å². The van der Waals surface area contributed by atoms with Gasteiger partial charge in [0.2, 0.25) is 5.91 Å². The van der Waals surface area contributed by atoms with Gasteiger partial charge < -0.3 is 9.64 Å². The van der Waals surface area contributed by atoms with E-state index in [-0.39, 0.29) is 37.0 Å². The van der Waals surface area contributed by atoms with Gasteiger partial charge in [-0.05, 0) is 30.9 Å². The lowest BCUT2D eigenvalue weighted by Gasteiger charge is -2.30. The zero-order chi connectivity index (χ0) is 18.5. The number of hydrogen-bond donors (Lipinski definition) is 0. The molecule has 2 aliphatic heterocycles. The number of likely N-dealkylation sites (tertiary alicyclic amines) is 1. The molecular weight excluding hydrogens is 334 g/mol. The van der Waals surface area contributed by atoms with Crippen molar-refractivity contribution < 1.29 is 19.1 Å². The maximum absolute atomic E-state index is 12.3. The van der Waals surface area contributed by atoms with Gasteiger partial charge in [-0.1, -0.05) is 25.1 Å². The SMILES string of the molecule is CC1CCN(C(=O)COC(=O)C2=NN(c3ccccc3)C(=O)CC2)CC1. The van der Waals surface area contributed by atoms with Gasteiger partial charge in [0.15, 0.2) is 6.61 Å². The smallest absolute Gasteiger partial charge is 0.355 e. The van der Waals surface area contributed by atoms with E-state index in [1.54, 1.807) is 29.2 Å². The van der Waals surface area contributed by atoms with E-state index in [0.717, 1.165) is 12.8 Å². The number of esters is 1. The molecule has 0 radical (unpaired) electrons. The third kappa shape index (κ3) is 4.28. The number of ether oxygens (including phenoxy) is 1. The molecular formula is C19H23N3O4. The molecule has 0 aliphatic carbocycles. The first-order valence-electron chi connectivity index (χ1n) is 8.95. The van der Waals surface area contributed by atoms with Crippen LogP contribution in [0.4, 0.5) is 5.69 Å². The molecule has 1 aromatic rings. The molecule has 2 amide bonds. The minimum absolute atomic E-state index is 0.161. The predicted octanol–water partition coefficient (Wildman–Crippen LogP) is 1.97. The van der Waals surface area contributed by atoms with Crippen LogP contribution in [0.15, 0.2) is 35.4 Å². The Morgan fingerprint density at radius 1 is 1.15 bits per heavy atom. The second-order valence-corrected chi connectivity index (χ2v) is 6.73. The van der Waals surface area contributed by atoms with Crippen LogP contribution in [0.25, 0.3) is 0 Å². The molecule has 7 nitrogen and oxygen atoms in total. The highest BCUT2D eigenvalue weighted by Gasteiger charge is 2.27. The molecule has 0 spiro atoms. The average Bonchev–Trinajstić information content (AvgIpc) is 2.67. The number of hydrazone groups is 1. The summed E-state index contributed by atoms with van der Waals surface area (Å²) in [6.45, 7) is 3.29. The normalized spacial score (nSPS) is 18.5. The van der Waals surface area contributed by atoms with Gasteiger partial charge in [0.1, 0.15) is 5.71 Å². The van der Waals surface area contributed by atoms with Gasteiger partial charge in [0.05, 0.1) is 5.69 Å². The maximum Gasteiger partial charge on any atom is 0.355 e. The fraction of sp³-hybridized carbons (Fsp3) is 0.474. The van der Waals surface area contributed by atoms with Crippen molar-refractivity contribution in [3.8, 4) is 0 Å². The number of hydrogen-bond acceptors (Lipinski definition) is 5. The predicted molar refractivity (Wildman–Crippen MR) is 96.5 cm³/mol. The Labute approximate surface area is 152 Å². The standard InChI is InChI=1S/C19H23N3O4/c1-14-9-11-21(12-10-14)18(24)13-26-19(25)16-7-8-17(23)22(20-16)15-5-3-2-4-6-15/h2-6,14H,7-13H2,1H3. The molecule has 2 aliphatic rings. The van der Waals surface area contributed by atoms with Crippen molar-refractivity contribution in [3.05, 3.63) is 30.3 Å². The first-order chi connectivity index (χ1) is 12.5. The van der Waals surface area contributed by atoms with Gasteiger partial charge in [-0.25, -0.2) is 9.80 Å². The first kappa shape index (κ1) is 18.1. The summed E-state index contributed by atoms with van der Waals surface area (Å²) in [6, 6.07) is 8.92. The monoisotopic (exact) mass is 357 g/mol. The van der Waals surface area contributed by atoms with E-state index < -0.39 is 5.97 Å². The van der Waals surface area contributed by atoms with E-state index in [9.17, 15) is 14.4 Å². The Balaban J connectivity index is 1.58. The van der Waals surface area contributed by atoms with Gasteiger partial charge in [-0.2, -0.15) is 5.10 Å². The van der Waals surface area contributed by atoms with Gasteiger partial charge in [-0.15, -0.1) is 0 Å². The Morgan fingerprint density at radius 2 is 1.85 bits per heavy atom. The molecule has 3 rings (SSSR count). The van der Waals surface area contributed by atoms with E-state index >= 15 is 0 Å². The summed E-state index contributed by atoms with van der Waals surface area (Å²) in [5.74, 6) is -0.374. The molecule has 0 N–H and O–H groups in total. The molecule has 138 valence electrons. The molecule has 0 atom stereocenters. The summed E-state index contributed by atoms with van der Waals surface area (Å²) < 4.78 is 5.14. The van der Waals surface area contributed by atoms with Crippen molar-refractivity contribution in [1.82, 2.24) is 4.90 Å². The number of carbonyl (C=O) groups excluding carboxylic acids is 3. The highest BCUT2D eigenvalue weighted by Crippen LogP contribution is 2.20. The number of para-hydroxylation sites is 1. The van der Waals surface area contributed by atoms with Crippen molar-refractivity contribution in [2.45, 2.75) is 32.6 Å². The van der Waals surface area contributed by atoms with Crippen LogP contribution in [0.1, 0.15) is 32.6 Å². The zero-order valence-electron chi connectivity index (χ0n) is 14.9. The van der Waals surface area contributed by atoms with Crippen molar-refractivity contribution in [3.63, 3.8) is 0 Å². The van der Waals surface area contributed by atoms with Crippen LogP contribution in [-0.2, 0) is 19.1 Å². The molecule has 0 unspecified atom stereocenters. The fourth-order valence-electron chi connectivity index (χ4n) is 3.03. The van der Waals surface area contributed by atoms with Crippen molar-refractivity contribution in [1.29, 1.82) is 0 Å². The summed E-state index contributed by atoms with van der Waals surface area (Å²) in [5.41, 5.74) is 0.759. The summed E-state index contributed by atoms with van der Waals surface area (Å²) in [6.07, 6.45) is 2.35. The van der Waals surface area contributed by atoms with E-state index in [1.165, 1.54) is 5.01 Å². The second-order valence-electron chi connectivity index (χ2n) is 6.73. The Kier molecular flexibility index (Phi) is 5.65. The molecule has 1 aromatic carbocycles. The van der Waals surface area contributed by atoms with Crippen LogP contribution < -0.4 is 5.01 Å². The van der Waals surface area contributed by atoms with E-state index in [0.29, 0.717) is 24.7 Å². The molecule has 0 bridgehead atoms. The molecule has 0 aromatic heterocycles. The number of nitrogens with zero attached hydrogens (tertiary/aromatic N) is 3. The molecule has 7 heteroatoms. The van der Waals surface area contributed by atoms with Crippen LogP contribution in [-0.4, -0.2) is 48.1 Å². The summed E-state index contributed by atoms with van der Waals surface area (Å²) >= 11 is 0. The largest absolute Gasteiger partial charge is 0.451 e. The van der Waals surface area contributed by atoms with Crippen LogP contribution >= 0.6 is 0 Å². The number of anilines is 1. The highest BCUT2D eigenvalue weighted by molar-refractivity contribution is 6.38. The van der Waals surface area contributed by atoms with Gasteiger partial charge in [0.25, 0.3) is 5.91 Å². The molecule has 1 saturated heterocycles. The van der Waals surface area contributed by atoms with Crippen molar-refractivity contribution in [2.75, 3.05) is 24.7 Å². The van der Waals surface area contributed by atoms with Crippen molar-refractivity contribution in [2.24, 2.45) is 11.0 Å². The highest BCUT2D eigenvalue weighted by atomic mass is 16.5. The van der Waals surface area contributed by atoms with Crippen LogP contribution in [0.2, 0.25) is 0 Å². The van der Waals surface area contributed by atoms with Gasteiger partial charge >= 0.3 is 5.97 Å². The quantitative estimate of drug-likeness (QED) is 0.772. The molecule has 1 fully saturated rings. The van der Waals surface area contributed by atoms with E-state index in [1.807, 2.05) is 6.07 Å². The van der Waals surface area contributed by atoms with Crippen LogP contribution in [0.3, 0.4) is 0 Å². The first-order valence-corrected chi connectivity index (χ1v) is 8.95. The lowest BCUT2D eigenvalue weighted by molar-refractivity contribution is -0.147. The minimum Gasteiger partial charge on any atom is -0.451 e. The lowest BCUT2D eigenvalue weighted by atomic mass is 9.99. The number of amides is 2. The second kappa shape index (κ2) is 8.12. The number of piperidine rings is 1. The van der Waals surface area contributed by atoms with Crippen LogP contribution in [0, 0.1) is 5.92 Å². The maximum atomic E-state index is 12.3. The van der Waals surface area contributed by atoms with E-state index in [4.69, 9.17) is 4.74 Å². The molecule has 2 heterocycles. The number of rotatable bonds is 4. The Hall–Kier alpha value is -2.70. The molecule has 26 heavy (non-hydrogen) atoms. The summed E-state index contributed by atoms with van der Waals surface area (Å²) in [4.78, 5) is 38.2. The van der Waals surface area contributed by atoms with Gasteiger partial charge in [0, 0.05) is 25.9 Å². The fourth-order valence-corrected chi connectivity index (χ4v) is 3.03. The van der Waals surface area contributed by atoms with Crippen molar-refractivity contribution >= 4 is 29.2 Å². The summed E-state index contributed by atoms with van der Waals surface area (Å²) in [5, 5.41) is 5.35.